The van der Waals surface area contributed by atoms with Crippen molar-refractivity contribution in [3.05, 3.63) is 71.9 Å². The Labute approximate surface area is 154 Å². The molecule has 5 heteroatoms. The number of aromatic nitrogens is 2. The van der Waals surface area contributed by atoms with Gasteiger partial charge in [0.25, 0.3) is 0 Å². The number of piperazine rings is 1. The Morgan fingerprint density at radius 1 is 0.808 bits per heavy atom. The van der Waals surface area contributed by atoms with E-state index < -0.39 is 0 Å². The Bertz CT molecular complexity index is 849. The molecule has 2 heterocycles. The zero-order chi connectivity index (χ0) is 17.9. The molecule has 134 valence electrons. The third-order valence-electron chi connectivity index (χ3n) is 5.06. The van der Waals surface area contributed by atoms with Crippen molar-refractivity contribution in [2.24, 2.45) is 5.73 Å². The topological polar surface area (TPSA) is 50.3 Å². The monoisotopic (exact) mass is 347 g/mol. The molecule has 1 fully saturated rings. The van der Waals surface area contributed by atoms with Gasteiger partial charge in [0.05, 0.1) is 11.4 Å². The van der Waals surface area contributed by atoms with Crippen molar-refractivity contribution in [2.45, 2.75) is 13.5 Å². The maximum absolute atomic E-state index is 6.08. The van der Waals surface area contributed by atoms with Crippen LogP contribution in [0.25, 0.3) is 5.69 Å². The summed E-state index contributed by atoms with van der Waals surface area (Å²) in [5.41, 5.74) is 10.6. The van der Waals surface area contributed by atoms with E-state index in [-0.39, 0.29) is 0 Å². The molecule has 0 amide bonds. The highest BCUT2D eigenvalue weighted by Gasteiger charge is 2.25. The van der Waals surface area contributed by atoms with Crippen LogP contribution < -0.4 is 15.5 Å². The van der Waals surface area contributed by atoms with Gasteiger partial charge in [-0.1, -0.05) is 36.4 Å². The van der Waals surface area contributed by atoms with Crippen LogP contribution in [0.4, 0.5) is 11.5 Å². The number of anilines is 2. The van der Waals surface area contributed by atoms with Crippen LogP contribution in [-0.2, 0) is 6.54 Å². The molecule has 2 aromatic carbocycles. The minimum Gasteiger partial charge on any atom is -0.368 e. The number of aryl methyl sites for hydroxylation is 1. The molecule has 4 rings (SSSR count). The van der Waals surface area contributed by atoms with Gasteiger partial charge in [-0.05, 0) is 31.2 Å². The molecule has 0 aliphatic carbocycles. The molecule has 0 radical (unpaired) electrons. The van der Waals surface area contributed by atoms with Crippen LogP contribution in [0.2, 0.25) is 0 Å². The highest BCUT2D eigenvalue weighted by Crippen LogP contribution is 2.28. The van der Waals surface area contributed by atoms with Crippen molar-refractivity contribution in [1.82, 2.24) is 9.78 Å². The van der Waals surface area contributed by atoms with Gasteiger partial charge in [0.1, 0.15) is 5.82 Å². The number of para-hydroxylation sites is 2. The summed E-state index contributed by atoms with van der Waals surface area (Å²) in [5.74, 6) is 1.14. The molecule has 1 aliphatic rings. The van der Waals surface area contributed by atoms with Crippen molar-refractivity contribution in [1.29, 1.82) is 0 Å². The second-order valence-corrected chi connectivity index (χ2v) is 6.65. The van der Waals surface area contributed by atoms with Crippen molar-refractivity contribution in [3.8, 4) is 5.69 Å². The van der Waals surface area contributed by atoms with Crippen LogP contribution in [0.5, 0.6) is 0 Å². The normalized spacial score (nSPS) is 14.7. The molecule has 0 saturated carbocycles. The fraction of sp³-hybridized carbons (Fsp3) is 0.286. The predicted octanol–water partition coefficient (Wildman–Crippen LogP) is 2.97. The van der Waals surface area contributed by atoms with Gasteiger partial charge < -0.3 is 15.5 Å². The average molecular weight is 347 g/mol. The first kappa shape index (κ1) is 16.7. The van der Waals surface area contributed by atoms with Crippen LogP contribution in [0.3, 0.4) is 0 Å². The third kappa shape index (κ3) is 3.06. The van der Waals surface area contributed by atoms with Gasteiger partial charge in [0, 0.05) is 44.0 Å². The molecule has 2 N–H and O–H groups in total. The Balaban J connectivity index is 1.62. The lowest BCUT2D eigenvalue weighted by atomic mass is 10.2. The number of nitrogens with two attached hydrogens (primary N) is 1. The van der Waals surface area contributed by atoms with Crippen molar-refractivity contribution in [3.63, 3.8) is 0 Å². The molecular weight excluding hydrogens is 322 g/mol. The van der Waals surface area contributed by atoms with Gasteiger partial charge in [-0.25, -0.2) is 4.68 Å². The average Bonchev–Trinajstić information content (AvgIpc) is 3.05. The van der Waals surface area contributed by atoms with E-state index in [1.165, 1.54) is 5.69 Å². The molecule has 1 aliphatic heterocycles. The van der Waals surface area contributed by atoms with Gasteiger partial charge in [0.15, 0.2) is 0 Å². The van der Waals surface area contributed by atoms with Gasteiger partial charge in [-0.15, -0.1) is 0 Å². The third-order valence-corrected chi connectivity index (χ3v) is 5.06. The van der Waals surface area contributed by atoms with E-state index >= 15 is 0 Å². The van der Waals surface area contributed by atoms with E-state index in [2.05, 4.69) is 56.9 Å². The number of hydrogen-bond acceptors (Lipinski definition) is 4. The SMILES string of the molecule is Cc1nn(-c2ccccc2)c(N2CCN(c3ccccc3)CC2)c1CN. The molecule has 5 nitrogen and oxygen atoms in total. The highest BCUT2D eigenvalue weighted by molar-refractivity contribution is 5.57. The van der Waals surface area contributed by atoms with Gasteiger partial charge in [-0.2, -0.15) is 5.10 Å². The molecule has 0 bridgehead atoms. The molecule has 1 saturated heterocycles. The molecule has 0 unspecified atom stereocenters. The maximum atomic E-state index is 6.08. The number of rotatable bonds is 4. The van der Waals surface area contributed by atoms with Crippen molar-refractivity contribution in [2.75, 3.05) is 36.0 Å². The zero-order valence-corrected chi connectivity index (χ0v) is 15.2. The van der Waals surface area contributed by atoms with E-state index in [9.17, 15) is 0 Å². The van der Waals surface area contributed by atoms with Crippen LogP contribution in [0.1, 0.15) is 11.3 Å². The first-order valence-corrected chi connectivity index (χ1v) is 9.17. The Kier molecular flexibility index (Phi) is 4.63. The fourth-order valence-electron chi connectivity index (χ4n) is 3.68. The van der Waals surface area contributed by atoms with E-state index in [4.69, 9.17) is 10.8 Å². The van der Waals surface area contributed by atoms with Crippen LogP contribution >= 0.6 is 0 Å². The standard InChI is InChI=1S/C21H25N5/c1-17-20(16-22)21(26(23-17)19-10-6-3-7-11-19)25-14-12-24(13-15-25)18-8-4-2-5-9-18/h2-11H,12-16,22H2,1H3. The largest absolute Gasteiger partial charge is 0.368 e. The summed E-state index contributed by atoms with van der Waals surface area (Å²) in [7, 11) is 0. The summed E-state index contributed by atoms with van der Waals surface area (Å²) in [6, 6.07) is 20.9. The fourth-order valence-corrected chi connectivity index (χ4v) is 3.68. The first-order valence-electron chi connectivity index (χ1n) is 9.17. The van der Waals surface area contributed by atoms with Gasteiger partial charge in [0.2, 0.25) is 0 Å². The van der Waals surface area contributed by atoms with Crippen LogP contribution in [0.15, 0.2) is 60.7 Å². The highest BCUT2D eigenvalue weighted by atomic mass is 15.4. The van der Waals surface area contributed by atoms with Gasteiger partial charge in [-0.3, -0.25) is 0 Å². The lowest BCUT2D eigenvalue weighted by Gasteiger charge is -2.37. The quantitative estimate of drug-likeness (QED) is 0.788. The molecule has 0 atom stereocenters. The zero-order valence-electron chi connectivity index (χ0n) is 15.2. The van der Waals surface area contributed by atoms with Gasteiger partial charge >= 0.3 is 0 Å². The minimum atomic E-state index is 0.507. The lowest BCUT2D eigenvalue weighted by molar-refractivity contribution is 0.635. The number of hydrogen-bond donors (Lipinski definition) is 1. The molecule has 1 aromatic heterocycles. The summed E-state index contributed by atoms with van der Waals surface area (Å²) in [5, 5.41) is 4.79. The molecule has 3 aromatic rings. The lowest BCUT2D eigenvalue weighted by Crippen LogP contribution is -2.47. The number of nitrogens with zero attached hydrogens (tertiary/aromatic N) is 4. The summed E-state index contributed by atoms with van der Waals surface area (Å²) in [6.45, 7) is 6.46. The predicted molar refractivity (Wildman–Crippen MR) is 107 cm³/mol. The molecule has 0 spiro atoms. The Morgan fingerprint density at radius 3 is 1.92 bits per heavy atom. The summed E-state index contributed by atoms with van der Waals surface area (Å²) in [4.78, 5) is 4.86. The molecular formula is C21H25N5. The van der Waals surface area contributed by atoms with Crippen LogP contribution in [-0.4, -0.2) is 36.0 Å². The Hall–Kier alpha value is -2.79. The van der Waals surface area contributed by atoms with Crippen molar-refractivity contribution < 1.29 is 0 Å². The molecule has 26 heavy (non-hydrogen) atoms. The van der Waals surface area contributed by atoms with E-state index in [1.54, 1.807) is 0 Å². The van der Waals surface area contributed by atoms with E-state index in [1.807, 2.05) is 25.1 Å². The van der Waals surface area contributed by atoms with E-state index in [0.717, 1.165) is 48.9 Å². The second-order valence-electron chi connectivity index (χ2n) is 6.65. The van der Waals surface area contributed by atoms with Crippen molar-refractivity contribution >= 4 is 11.5 Å². The van der Waals surface area contributed by atoms with E-state index in [0.29, 0.717) is 6.54 Å². The summed E-state index contributed by atoms with van der Waals surface area (Å²) in [6.07, 6.45) is 0. The Morgan fingerprint density at radius 2 is 1.35 bits per heavy atom. The maximum Gasteiger partial charge on any atom is 0.137 e. The summed E-state index contributed by atoms with van der Waals surface area (Å²) >= 11 is 0. The first-order chi connectivity index (χ1) is 12.8. The smallest absolute Gasteiger partial charge is 0.137 e. The summed E-state index contributed by atoms with van der Waals surface area (Å²) < 4.78 is 2.05. The van der Waals surface area contributed by atoms with Crippen LogP contribution in [0, 0.1) is 6.92 Å². The number of benzene rings is 2. The minimum absolute atomic E-state index is 0.507. The second kappa shape index (κ2) is 7.22.